The van der Waals surface area contributed by atoms with Crippen LogP contribution in [-0.2, 0) is 22.4 Å². The van der Waals surface area contributed by atoms with E-state index in [0.717, 1.165) is 40.8 Å². The van der Waals surface area contributed by atoms with Gasteiger partial charge in [0.15, 0.2) is 5.16 Å². The molecule has 5 aromatic rings. The van der Waals surface area contributed by atoms with Gasteiger partial charge in [0.1, 0.15) is 9.83 Å². The maximum Gasteiger partial charge on any atom is 0.341 e. The fraction of sp³-hybridized carbons (Fsp3) is 0.250. The molecule has 6 rings (SSSR count). The van der Waals surface area contributed by atoms with Crippen LogP contribution in [0, 0.1) is 5.92 Å². The number of carbonyl (C=O) groups is 2. The fourth-order valence-corrected chi connectivity index (χ4v) is 8.47. The van der Waals surface area contributed by atoms with E-state index in [1.807, 2.05) is 66.0 Å². The van der Waals surface area contributed by atoms with Crippen molar-refractivity contribution in [3.63, 3.8) is 0 Å². The Kier molecular flexibility index (Phi) is 8.28. The molecule has 10 heteroatoms. The second kappa shape index (κ2) is 12.2. The normalized spacial score (nSPS) is 14.5. The highest BCUT2D eigenvalue weighted by Gasteiger charge is 2.29. The highest BCUT2D eigenvalue weighted by molar-refractivity contribution is 7.99. The van der Waals surface area contributed by atoms with E-state index < -0.39 is 5.97 Å². The number of carbonyl (C=O) groups excluding carboxylic acids is 2. The van der Waals surface area contributed by atoms with Crippen molar-refractivity contribution in [2.45, 2.75) is 38.3 Å². The second-order valence-corrected chi connectivity index (χ2v) is 13.1. The van der Waals surface area contributed by atoms with Crippen LogP contribution in [0.2, 0.25) is 0 Å². The molecule has 214 valence electrons. The van der Waals surface area contributed by atoms with Crippen LogP contribution in [0.15, 0.2) is 76.0 Å². The average Bonchev–Trinajstić information content (AvgIpc) is 3.58. The van der Waals surface area contributed by atoms with E-state index in [4.69, 9.17) is 9.72 Å². The Hall–Kier alpha value is -3.73. The van der Waals surface area contributed by atoms with Crippen LogP contribution < -0.4 is 10.9 Å². The zero-order valence-electron chi connectivity index (χ0n) is 23.2. The third kappa shape index (κ3) is 5.54. The van der Waals surface area contributed by atoms with E-state index >= 15 is 0 Å². The summed E-state index contributed by atoms with van der Waals surface area (Å²) < 4.78 is 6.93. The number of thiophene rings is 2. The van der Waals surface area contributed by atoms with E-state index in [2.05, 4.69) is 12.2 Å². The summed E-state index contributed by atoms with van der Waals surface area (Å²) in [4.78, 5) is 46.8. The highest BCUT2D eigenvalue weighted by Crippen LogP contribution is 2.40. The molecule has 0 unspecified atom stereocenters. The molecule has 7 nitrogen and oxygen atoms in total. The predicted octanol–water partition coefficient (Wildman–Crippen LogP) is 7.21. The Morgan fingerprint density at radius 1 is 1.12 bits per heavy atom. The molecule has 0 aliphatic heterocycles. The number of esters is 1. The molecule has 0 spiro atoms. The van der Waals surface area contributed by atoms with Gasteiger partial charge in [-0.15, -0.1) is 22.7 Å². The minimum atomic E-state index is -0.399. The molecule has 0 radical (unpaired) electrons. The summed E-state index contributed by atoms with van der Waals surface area (Å²) in [5.41, 5.74) is 3.77. The van der Waals surface area contributed by atoms with Gasteiger partial charge < -0.3 is 10.1 Å². The lowest BCUT2D eigenvalue weighted by Crippen LogP contribution is -2.23. The van der Waals surface area contributed by atoms with E-state index in [1.165, 1.54) is 34.4 Å². The van der Waals surface area contributed by atoms with Crippen LogP contribution in [0.4, 0.5) is 5.00 Å². The van der Waals surface area contributed by atoms with Crippen molar-refractivity contribution in [1.82, 2.24) is 9.55 Å². The number of fused-ring (bicyclic) bond motifs is 2. The van der Waals surface area contributed by atoms with Crippen molar-refractivity contribution >= 4 is 61.5 Å². The first-order chi connectivity index (χ1) is 20.4. The Labute approximate surface area is 255 Å². The van der Waals surface area contributed by atoms with E-state index in [-0.39, 0.29) is 23.8 Å². The number of nitrogens with zero attached hydrogens (tertiary/aromatic N) is 2. The lowest BCUT2D eigenvalue weighted by atomic mass is 9.88. The first kappa shape index (κ1) is 28.4. The molecular weight excluding hydrogens is 587 g/mol. The number of hydrogen-bond donors (Lipinski definition) is 1. The van der Waals surface area contributed by atoms with Crippen LogP contribution in [0.25, 0.3) is 27.0 Å². The van der Waals surface area contributed by atoms with Gasteiger partial charge in [0.05, 0.1) is 29.0 Å². The number of benzene rings is 2. The quantitative estimate of drug-likeness (QED) is 0.113. The van der Waals surface area contributed by atoms with Crippen molar-refractivity contribution in [2.24, 2.45) is 5.92 Å². The number of thioether (sulfide) groups is 1. The Balaban J connectivity index is 1.32. The summed E-state index contributed by atoms with van der Waals surface area (Å²) in [6.07, 6.45) is 2.68. The molecule has 3 aromatic heterocycles. The van der Waals surface area contributed by atoms with Crippen LogP contribution in [0.1, 0.15) is 41.1 Å². The van der Waals surface area contributed by atoms with E-state index in [9.17, 15) is 14.4 Å². The van der Waals surface area contributed by atoms with Crippen molar-refractivity contribution in [1.29, 1.82) is 0 Å². The molecule has 42 heavy (non-hydrogen) atoms. The molecule has 1 amide bonds. The summed E-state index contributed by atoms with van der Waals surface area (Å²) in [5, 5.41) is 6.46. The number of rotatable bonds is 8. The fourth-order valence-electron chi connectivity index (χ4n) is 5.25. The summed E-state index contributed by atoms with van der Waals surface area (Å²) in [6.45, 7) is 4.25. The number of aromatic nitrogens is 2. The third-order valence-electron chi connectivity index (χ3n) is 7.25. The van der Waals surface area contributed by atoms with E-state index in [0.29, 0.717) is 37.5 Å². The number of anilines is 1. The Morgan fingerprint density at radius 2 is 1.86 bits per heavy atom. The summed E-state index contributed by atoms with van der Waals surface area (Å²) in [5.74, 6) is -0.129. The Morgan fingerprint density at radius 3 is 2.60 bits per heavy atom. The van der Waals surface area contributed by atoms with Crippen LogP contribution in [0.3, 0.4) is 0 Å². The van der Waals surface area contributed by atoms with Crippen molar-refractivity contribution in [3.05, 3.63) is 92.4 Å². The minimum absolute atomic E-state index is 0.0168. The molecule has 0 saturated heterocycles. The summed E-state index contributed by atoms with van der Waals surface area (Å²) in [6, 6.07) is 19.1. The molecule has 1 aliphatic rings. The molecule has 2 aromatic carbocycles. The number of para-hydroxylation sites is 1. The molecule has 1 aliphatic carbocycles. The van der Waals surface area contributed by atoms with Gasteiger partial charge >= 0.3 is 5.97 Å². The molecule has 1 N–H and O–H groups in total. The van der Waals surface area contributed by atoms with Crippen molar-refractivity contribution in [3.8, 4) is 16.8 Å². The van der Waals surface area contributed by atoms with Crippen LogP contribution in [-0.4, -0.2) is 33.8 Å². The van der Waals surface area contributed by atoms with Gasteiger partial charge in [0.25, 0.3) is 5.56 Å². The maximum absolute atomic E-state index is 14.0. The minimum Gasteiger partial charge on any atom is -0.462 e. The number of amides is 1. The maximum atomic E-state index is 14.0. The lowest BCUT2D eigenvalue weighted by molar-refractivity contribution is -0.113. The zero-order chi connectivity index (χ0) is 29.2. The summed E-state index contributed by atoms with van der Waals surface area (Å²) in [7, 11) is 0. The number of ether oxygens (including phenoxy) is 1. The number of hydrogen-bond acceptors (Lipinski definition) is 8. The molecule has 1 atom stereocenters. The van der Waals surface area contributed by atoms with Gasteiger partial charge in [-0.05, 0) is 55.4 Å². The van der Waals surface area contributed by atoms with Gasteiger partial charge in [0, 0.05) is 15.8 Å². The monoisotopic (exact) mass is 615 g/mol. The third-order valence-corrected chi connectivity index (χ3v) is 10.2. The van der Waals surface area contributed by atoms with Crippen LogP contribution in [0.5, 0.6) is 0 Å². The largest absolute Gasteiger partial charge is 0.462 e. The Bertz CT molecular complexity index is 1830. The average molecular weight is 616 g/mol. The van der Waals surface area contributed by atoms with Crippen molar-refractivity contribution in [2.75, 3.05) is 17.7 Å². The smallest absolute Gasteiger partial charge is 0.341 e. The first-order valence-corrected chi connectivity index (χ1v) is 16.5. The van der Waals surface area contributed by atoms with Crippen molar-refractivity contribution < 1.29 is 14.3 Å². The standard InChI is InChI=1S/C32H29N3O4S3/c1-3-39-31(38)27-22-15-14-19(2)16-24(22)42-29(27)33-25(36)18-41-32-34-28-26(23(17-40-28)20-10-6-4-7-11-20)30(37)35(32)21-12-8-5-9-13-21/h4-13,17,19H,3,14-16,18H2,1-2H3,(H,33,36)/t19-/m1/s1. The summed E-state index contributed by atoms with van der Waals surface area (Å²) >= 11 is 4.08. The first-order valence-electron chi connectivity index (χ1n) is 13.8. The van der Waals surface area contributed by atoms with Gasteiger partial charge in [-0.2, -0.15) is 0 Å². The van der Waals surface area contributed by atoms with Gasteiger partial charge in [-0.25, -0.2) is 9.78 Å². The molecule has 0 saturated carbocycles. The highest BCUT2D eigenvalue weighted by atomic mass is 32.2. The van der Waals surface area contributed by atoms with Gasteiger partial charge in [0.2, 0.25) is 5.91 Å². The topological polar surface area (TPSA) is 90.3 Å². The predicted molar refractivity (Wildman–Crippen MR) is 171 cm³/mol. The molecular formula is C32H29N3O4S3. The molecule has 0 bridgehead atoms. The molecule has 3 heterocycles. The lowest BCUT2D eigenvalue weighted by Gasteiger charge is -2.18. The van der Waals surface area contributed by atoms with Gasteiger partial charge in [-0.3, -0.25) is 14.2 Å². The van der Waals surface area contributed by atoms with Gasteiger partial charge in [-0.1, -0.05) is 67.2 Å². The molecule has 0 fully saturated rings. The zero-order valence-corrected chi connectivity index (χ0v) is 25.7. The van der Waals surface area contributed by atoms with E-state index in [1.54, 1.807) is 11.5 Å². The van der Waals surface area contributed by atoms with Crippen LogP contribution >= 0.6 is 34.4 Å². The SMILES string of the molecule is CCOC(=O)c1c(NC(=O)CSc2nc3scc(-c4ccccc4)c3c(=O)n2-c2ccccc2)sc2c1CC[C@@H](C)C2. The number of nitrogens with one attached hydrogen (secondary N) is 1. The second-order valence-electron chi connectivity index (χ2n) is 10.2.